The van der Waals surface area contributed by atoms with Gasteiger partial charge in [-0.25, -0.2) is 0 Å². The van der Waals surface area contributed by atoms with E-state index in [1.807, 2.05) is 45.0 Å². The van der Waals surface area contributed by atoms with Crippen LogP contribution in [-0.2, 0) is 17.6 Å². The SMILES string of the molecule is C=C(C)C1Cc2c(cc(OC)c3c(=O)c4cccc(O[Si](C)(C)C(C)(C)C)c4oc23)O1.COc1cc2c(c3oc4c(C)cccc4c(=O)c13)CC(C1(C)CO1)O2. The number of epoxide rings is 1. The highest BCUT2D eigenvalue weighted by molar-refractivity contribution is 6.74. The summed E-state index contributed by atoms with van der Waals surface area (Å²) in [7, 11) is 0.968. The predicted octanol–water partition coefficient (Wildman–Crippen LogP) is 9.57. The molecule has 10 nitrogen and oxygen atoms in total. The number of hydrogen-bond acceptors (Lipinski definition) is 10. The molecule has 0 amide bonds. The first kappa shape index (κ1) is 37.7. The lowest BCUT2D eigenvalue weighted by Crippen LogP contribution is -2.43. The zero-order chi connectivity index (χ0) is 40.1. The smallest absolute Gasteiger partial charge is 0.250 e. The fourth-order valence-electron chi connectivity index (χ4n) is 7.30. The van der Waals surface area contributed by atoms with Gasteiger partial charge >= 0.3 is 0 Å². The number of benzene rings is 4. The van der Waals surface area contributed by atoms with Gasteiger partial charge in [0.05, 0.1) is 31.6 Å². The third-order valence-corrected chi connectivity index (χ3v) is 16.3. The van der Waals surface area contributed by atoms with Crippen molar-refractivity contribution in [1.82, 2.24) is 0 Å². The van der Waals surface area contributed by atoms with Crippen LogP contribution >= 0.6 is 0 Å². The summed E-state index contributed by atoms with van der Waals surface area (Å²) in [5.74, 6) is 2.91. The normalized spacial score (nSPS) is 19.9. The first-order valence-electron chi connectivity index (χ1n) is 18.9. The summed E-state index contributed by atoms with van der Waals surface area (Å²) in [4.78, 5) is 26.7. The van der Waals surface area contributed by atoms with Crippen LogP contribution < -0.4 is 34.2 Å². The van der Waals surface area contributed by atoms with E-state index in [4.69, 9.17) is 36.9 Å². The first-order valence-corrected chi connectivity index (χ1v) is 21.8. The Morgan fingerprint density at radius 1 is 0.804 bits per heavy atom. The molecule has 3 atom stereocenters. The lowest BCUT2D eigenvalue weighted by Gasteiger charge is -2.36. The van der Waals surface area contributed by atoms with Gasteiger partial charge in [-0.05, 0) is 68.2 Å². The van der Waals surface area contributed by atoms with E-state index >= 15 is 0 Å². The Balaban J connectivity index is 0.000000161. The van der Waals surface area contributed by atoms with Gasteiger partial charge in [0.2, 0.25) is 10.9 Å². The molecule has 1 saturated heterocycles. The van der Waals surface area contributed by atoms with Crippen molar-refractivity contribution in [3.63, 3.8) is 0 Å². The zero-order valence-electron chi connectivity index (χ0n) is 33.7. The molecule has 2 aromatic heterocycles. The second-order valence-electron chi connectivity index (χ2n) is 16.9. The molecule has 0 saturated carbocycles. The Morgan fingerprint density at radius 3 is 1.89 bits per heavy atom. The molecular weight excluding hydrogens is 729 g/mol. The van der Waals surface area contributed by atoms with Gasteiger partial charge in [0, 0.05) is 36.1 Å². The lowest BCUT2D eigenvalue weighted by molar-refractivity contribution is 0.127. The van der Waals surface area contributed by atoms with Crippen molar-refractivity contribution in [3.8, 4) is 28.7 Å². The topological polar surface area (TPSA) is 119 Å². The van der Waals surface area contributed by atoms with Gasteiger partial charge in [-0.3, -0.25) is 9.59 Å². The van der Waals surface area contributed by atoms with Crippen molar-refractivity contribution < 1.29 is 36.9 Å². The molecular formula is C45H48O10Si. The number of hydrogen-bond donors (Lipinski definition) is 0. The van der Waals surface area contributed by atoms with Crippen molar-refractivity contribution in [3.05, 3.63) is 97.8 Å². The maximum absolute atomic E-state index is 13.6. The summed E-state index contributed by atoms with van der Waals surface area (Å²) < 4.78 is 47.9. The van der Waals surface area contributed by atoms with E-state index < -0.39 is 8.32 Å². The molecule has 0 aliphatic carbocycles. The largest absolute Gasteiger partial charge is 0.541 e. The van der Waals surface area contributed by atoms with Crippen molar-refractivity contribution in [2.24, 2.45) is 0 Å². The minimum atomic E-state index is -2.14. The van der Waals surface area contributed by atoms with Crippen LogP contribution in [0.2, 0.25) is 18.1 Å². The average Bonchev–Trinajstić information content (AvgIpc) is 3.52. The molecule has 5 heterocycles. The highest BCUT2D eigenvalue weighted by Crippen LogP contribution is 2.47. The Bertz CT molecular complexity index is 2730. The van der Waals surface area contributed by atoms with Crippen LogP contribution in [0.1, 0.15) is 51.3 Å². The molecule has 6 aromatic rings. The summed E-state index contributed by atoms with van der Waals surface area (Å²) in [6, 6.07) is 14.7. The van der Waals surface area contributed by atoms with Crippen molar-refractivity contribution in [2.45, 2.75) is 90.3 Å². The van der Waals surface area contributed by atoms with E-state index in [2.05, 4.69) is 40.4 Å². The van der Waals surface area contributed by atoms with Gasteiger partial charge in [0.15, 0.2) is 5.58 Å². The van der Waals surface area contributed by atoms with Gasteiger partial charge in [-0.1, -0.05) is 45.5 Å². The molecule has 3 aliphatic rings. The molecule has 1 fully saturated rings. The first-order chi connectivity index (χ1) is 26.5. The molecule has 3 unspecified atom stereocenters. The van der Waals surface area contributed by atoms with E-state index in [1.54, 1.807) is 38.5 Å². The van der Waals surface area contributed by atoms with Gasteiger partial charge in [-0.15, -0.1) is 0 Å². The molecule has 0 radical (unpaired) electrons. The number of para-hydroxylation sites is 2. The van der Waals surface area contributed by atoms with Crippen molar-refractivity contribution in [1.29, 1.82) is 0 Å². The fourth-order valence-corrected chi connectivity index (χ4v) is 8.32. The van der Waals surface area contributed by atoms with Crippen molar-refractivity contribution >= 4 is 52.2 Å². The van der Waals surface area contributed by atoms with Crippen LogP contribution in [0.4, 0.5) is 0 Å². The van der Waals surface area contributed by atoms with Crippen LogP contribution in [0.3, 0.4) is 0 Å². The monoisotopic (exact) mass is 776 g/mol. The van der Waals surface area contributed by atoms with E-state index in [-0.39, 0.29) is 33.7 Å². The number of rotatable bonds is 6. The Labute approximate surface area is 326 Å². The van der Waals surface area contributed by atoms with Gasteiger partial charge < -0.3 is 36.9 Å². The van der Waals surface area contributed by atoms with Crippen LogP contribution in [0.15, 0.2) is 79.1 Å². The summed E-state index contributed by atoms with van der Waals surface area (Å²) in [5.41, 5.74) is 5.33. The summed E-state index contributed by atoms with van der Waals surface area (Å²) in [5, 5.41) is 1.98. The lowest BCUT2D eigenvalue weighted by atomic mass is 9.98. The van der Waals surface area contributed by atoms with Crippen molar-refractivity contribution in [2.75, 3.05) is 20.8 Å². The molecule has 3 aliphatic heterocycles. The highest BCUT2D eigenvalue weighted by Gasteiger charge is 2.52. The molecule has 292 valence electrons. The minimum Gasteiger partial charge on any atom is -0.541 e. The maximum Gasteiger partial charge on any atom is 0.250 e. The molecule has 11 heteroatoms. The molecule has 0 bridgehead atoms. The van der Waals surface area contributed by atoms with Crippen LogP contribution in [-0.4, -0.2) is 47.0 Å². The number of ether oxygens (including phenoxy) is 5. The number of methoxy groups -OCH3 is 2. The van der Waals surface area contributed by atoms with Crippen LogP contribution in [0.25, 0.3) is 43.9 Å². The fraction of sp³-hybridized carbons (Fsp3) is 0.378. The zero-order valence-corrected chi connectivity index (χ0v) is 34.7. The van der Waals surface area contributed by atoms with Gasteiger partial charge in [0.25, 0.3) is 8.32 Å². The number of fused-ring (bicyclic) bond motifs is 8. The third kappa shape index (κ3) is 6.03. The molecule has 9 rings (SSSR count). The maximum atomic E-state index is 13.6. The van der Waals surface area contributed by atoms with E-state index in [1.165, 1.54) is 0 Å². The van der Waals surface area contributed by atoms with E-state index in [0.717, 1.165) is 22.3 Å². The van der Waals surface area contributed by atoms with Crippen LogP contribution in [0, 0.1) is 6.92 Å². The molecule has 0 spiro atoms. The molecule has 56 heavy (non-hydrogen) atoms. The quantitative estimate of drug-likeness (QED) is 0.0700. The summed E-state index contributed by atoms with van der Waals surface area (Å²) in [6.45, 7) is 21.5. The van der Waals surface area contributed by atoms with Crippen LogP contribution in [0.5, 0.6) is 28.7 Å². The average molecular weight is 777 g/mol. The third-order valence-electron chi connectivity index (χ3n) is 11.9. The van der Waals surface area contributed by atoms with E-state index in [9.17, 15) is 9.59 Å². The molecule has 0 N–H and O–H groups in total. The Hall–Kier alpha value is -5.26. The van der Waals surface area contributed by atoms with Gasteiger partial charge in [-0.2, -0.15) is 0 Å². The Kier molecular flexibility index (Phi) is 8.85. The summed E-state index contributed by atoms with van der Waals surface area (Å²) >= 11 is 0. The minimum absolute atomic E-state index is 0.0132. The number of aryl methyl sites for hydroxylation is 1. The second-order valence-corrected chi connectivity index (χ2v) is 21.6. The standard InChI is InChI=1S/C25H30O5Si.C20H18O5/c1-14(2)18-12-16-19(28-18)13-20(27-6)21-22(26)15-10-9-11-17(23(15)29-24(16)21)30-31(7,8)25(3,4)5;1-10-5-4-6-11-17(21)16-14(22-3)8-13-12(19(16)25-18(10)11)7-15(24-13)20(2)9-23-20/h9-11,13,18H,1,12H2,2-8H3;4-6,8,15H,7,9H2,1-3H3. The van der Waals surface area contributed by atoms with E-state index in [0.29, 0.717) is 92.1 Å². The molecule has 4 aromatic carbocycles. The van der Waals surface area contributed by atoms with Gasteiger partial charge in [0.1, 0.15) is 74.1 Å². The Morgan fingerprint density at radius 2 is 1.34 bits per heavy atom. The second kappa shape index (κ2) is 13.2. The highest BCUT2D eigenvalue weighted by atomic mass is 28.4. The summed E-state index contributed by atoms with van der Waals surface area (Å²) in [6.07, 6.45) is 1.04. The predicted molar refractivity (Wildman–Crippen MR) is 221 cm³/mol.